The zero-order chi connectivity index (χ0) is 21.1. The van der Waals surface area contributed by atoms with Gasteiger partial charge in [0, 0.05) is 36.3 Å². The number of carbonyl (C=O) groups is 1. The molecule has 2 aliphatic rings. The lowest BCUT2D eigenvalue weighted by Gasteiger charge is -2.43. The van der Waals surface area contributed by atoms with Crippen LogP contribution in [0.15, 0.2) is 46.9 Å². The summed E-state index contributed by atoms with van der Waals surface area (Å²) in [5.74, 6) is 0.829. The molecule has 1 aromatic carbocycles. The summed E-state index contributed by atoms with van der Waals surface area (Å²) in [7, 11) is 1.67. The van der Waals surface area contributed by atoms with E-state index in [1.165, 1.54) is 5.56 Å². The van der Waals surface area contributed by atoms with Crippen LogP contribution in [0.2, 0.25) is 0 Å². The van der Waals surface area contributed by atoms with Gasteiger partial charge in [-0.15, -0.1) is 6.58 Å². The minimum atomic E-state index is -0.244. The number of benzene rings is 1. The van der Waals surface area contributed by atoms with Crippen LogP contribution in [0.3, 0.4) is 0 Å². The molecule has 30 heavy (non-hydrogen) atoms. The Labute approximate surface area is 181 Å². The Morgan fingerprint density at radius 1 is 1.33 bits per heavy atom. The lowest BCUT2D eigenvalue weighted by atomic mass is 9.61. The summed E-state index contributed by atoms with van der Waals surface area (Å²) in [6, 6.07) is 8.30. The predicted molar refractivity (Wildman–Crippen MR) is 120 cm³/mol. The predicted octanol–water partition coefficient (Wildman–Crippen LogP) is 4.02. The number of aromatic nitrogens is 2. The molecule has 1 spiro atoms. The van der Waals surface area contributed by atoms with Gasteiger partial charge in [0.25, 0.3) is 5.56 Å². The SMILES string of the molecule is C=CCn1c(SCCOC)nc2c(c1=O)C1(CCC(C=O)CC1)Cc1ccccc1-2. The largest absolute Gasteiger partial charge is 0.384 e. The number of allylic oxidation sites excluding steroid dienone is 1. The summed E-state index contributed by atoms with van der Waals surface area (Å²) in [5.41, 5.74) is 3.77. The van der Waals surface area contributed by atoms with E-state index < -0.39 is 0 Å². The molecule has 2 aliphatic carbocycles. The van der Waals surface area contributed by atoms with Gasteiger partial charge in [0.1, 0.15) is 6.29 Å². The second-order valence-electron chi connectivity index (χ2n) is 8.25. The first kappa shape index (κ1) is 21.1. The maximum absolute atomic E-state index is 13.9. The number of methoxy groups -OCH3 is 1. The van der Waals surface area contributed by atoms with Crippen LogP contribution in [0.25, 0.3) is 11.3 Å². The molecule has 1 fully saturated rings. The molecule has 0 unspecified atom stereocenters. The van der Waals surface area contributed by atoms with Crippen molar-refractivity contribution in [1.82, 2.24) is 9.55 Å². The third kappa shape index (κ3) is 3.67. The number of hydrogen-bond acceptors (Lipinski definition) is 5. The van der Waals surface area contributed by atoms with Crippen molar-refractivity contribution in [3.8, 4) is 11.3 Å². The minimum Gasteiger partial charge on any atom is -0.384 e. The van der Waals surface area contributed by atoms with E-state index in [9.17, 15) is 9.59 Å². The van der Waals surface area contributed by atoms with Crippen LogP contribution in [-0.2, 0) is 27.9 Å². The molecule has 4 rings (SSSR count). The van der Waals surface area contributed by atoms with Crippen LogP contribution in [0.1, 0.15) is 36.8 Å². The fraction of sp³-hybridized carbons (Fsp3) is 0.458. The quantitative estimate of drug-likeness (QED) is 0.221. The third-order valence-corrected chi connectivity index (χ3v) is 7.42. The Bertz CT molecular complexity index is 1010. The number of hydrogen-bond donors (Lipinski definition) is 0. The van der Waals surface area contributed by atoms with E-state index in [0.717, 1.165) is 61.0 Å². The van der Waals surface area contributed by atoms with Crippen LogP contribution in [0.4, 0.5) is 0 Å². The first-order valence-corrected chi connectivity index (χ1v) is 11.5. The zero-order valence-corrected chi connectivity index (χ0v) is 18.2. The van der Waals surface area contributed by atoms with Gasteiger partial charge in [-0.3, -0.25) is 9.36 Å². The summed E-state index contributed by atoms with van der Waals surface area (Å²) in [6.07, 6.45) is 7.02. The van der Waals surface area contributed by atoms with Gasteiger partial charge in [-0.1, -0.05) is 42.1 Å². The van der Waals surface area contributed by atoms with Crippen molar-refractivity contribution >= 4 is 18.0 Å². The summed E-state index contributed by atoms with van der Waals surface area (Å²) in [4.78, 5) is 30.2. The van der Waals surface area contributed by atoms with Crippen LogP contribution in [0, 0.1) is 5.92 Å². The number of carbonyl (C=O) groups excluding carboxylic acids is 1. The molecule has 2 aromatic rings. The average molecular weight is 425 g/mol. The molecule has 0 bridgehead atoms. The normalized spacial score (nSPS) is 22.4. The van der Waals surface area contributed by atoms with E-state index >= 15 is 0 Å². The van der Waals surface area contributed by atoms with Gasteiger partial charge in [0.15, 0.2) is 5.16 Å². The molecule has 5 nitrogen and oxygen atoms in total. The van der Waals surface area contributed by atoms with Crippen molar-refractivity contribution in [1.29, 1.82) is 0 Å². The van der Waals surface area contributed by atoms with Crippen LogP contribution in [0.5, 0.6) is 0 Å². The van der Waals surface area contributed by atoms with E-state index in [0.29, 0.717) is 18.3 Å². The molecule has 0 N–H and O–H groups in total. The van der Waals surface area contributed by atoms with E-state index in [-0.39, 0.29) is 16.9 Å². The minimum absolute atomic E-state index is 0.0406. The monoisotopic (exact) mass is 424 g/mol. The Morgan fingerprint density at radius 2 is 2.10 bits per heavy atom. The molecule has 1 heterocycles. The molecule has 6 heteroatoms. The number of rotatable bonds is 7. The molecule has 0 radical (unpaired) electrons. The Hall–Kier alpha value is -2.18. The Morgan fingerprint density at radius 3 is 2.80 bits per heavy atom. The molecular formula is C24H28N2O3S. The van der Waals surface area contributed by atoms with Gasteiger partial charge < -0.3 is 9.53 Å². The number of nitrogens with zero attached hydrogens (tertiary/aromatic N) is 2. The standard InChI is InChI=1S/C24H28N2O3S/c1-3-12-26-22(28)20-21(25-23(26)30-14-13-29-2)19-7-5-4-6-18(19)15-24(20)10-8-17(16-27)9-11-24/h3-7,16-17H,1,8-15H2,2H3. The number of fused-ring (bicyclic) bond motifs is 4. The van der Waals surface area contributed by atoms with E-state index in [2.05, 4.69) is 24.8 Å². The number of thioether (sulfide) groups is 1. The molecule has 0 aliphatic heterocycles. The van der Waals surface area contributed by atoms with Crippen molar-refractivity contribution in [2.24, 2.45) is 5.92 Å². The maximum Gasteiger partial charge on any atom is 0.258 e. The summed E-state index contributed by atoms with van der Waals surface area (Å²) < 4.78 is 6.95. The highest BCUT2D eigenvalue weighted by molar-refractivity contribution is 7.99. The summed E-state index contributed by atoms with van der Waals surface area (Å²) in [6.45, 7) is 4.88. The van der Waals surface area contributed by atoms with E-state index in [1.807, 2.05) is 6.07 Å². The molecule has 1 saturated carbocycles. The van der Waals surface area contributed by atoms with E-state index in [1.54, 1.807) is 29.5 Å². The van der Waals surface area contributed by atoms with Gasteiger partial charge in [0.2, 0.25) is 0 Å². The number of aldehydes is 1. The highest BCUT2D eigenvalue weighted by Crippen LogP contribution is 2.49. The van der Waals surface area contributed by atoms with Crippen molar-refractivity contribution in [3.63, 3.8) is 0 Å². The molecule has 0 saturated heterocycles. The molecule has 0 amide bonds. The van der Waals surface area contributed by atoms with E-state index in [4.69, 9.17) is 9.72 Å². The fourth-order valence-corrected chi connectivity index (χ4v) is 5.84. The van der Waals surface area contributed by atoms with Crippen molar-refractivity contribution in [2.45, 2.75) is 49.2 Å². The summed E-state index contributed by atoms with van der Waals surface area (Å²) in [5, 5.41) is 0.712. The van der Waals surface area contributed by atoms with Crippen molar-refractivity contribution < 1.29 is 9.53 Å². The Balaban J connectivity index is 1.90. The lowest BCUT2D eigenvalue weighted by Crippen LogP contribution is -2.44. The van der Waals surface area contributed by atoms with Crippen LogP contribution >= 0.6 is 11.8 Å². The van der Waals surface area contributed by atoms with Gasteiger partial charge in [-0.2, -0.15) is 0 Å². The first-order valence-electron chi connectivity index (χ1n) is 10.5. The summed E-state index contributed by atoms with van der Waals surface area (Å²) >= 11 is 1.55. The molecule has 158 valence electrons. The van der Waals surface area contributed by atoms with Gasteiger partial charge >= 0.3 is 0 Å². The second-order valence-corrected chi connectivity index (χ2v) is 9.31. The molecular weight excluding hydrogens is 396 g/mol. The topological polar surface area (TPSA) is 61.2 Å². The molecule has 0 atom stereocenters. The third-order valence-electron chi connectivity index (χ3n) is 6.48. The average Bonchev–Trinajstić information content (AvgIpc) is 2.77. The smallest absolute Gasteiger partial charge is 0.258 e. The van der Waals surface area contributed by atoms with Crippen LogP contribution < -0.4 is 5.56 Å². The van der Waals surface area contributed by atoms with Crippen LogP contribution in [-0.4, -0.2) is 35.3 Å². The van der Waals surface area contributed by atoms with Crippen molar-refractivity contribution in [3.05, 3.63) is 58.4 Å². The van der Waals surface area contributed by atoms with Crippen molar-refractivity contribution in [2.75, 3.05) is 19.5 Å². The first-order chi connectivity index (χ1) is 14.6. The Kier molecular flexibility index (Phi) is 6.25. The van der Waals surface area contributed by atoms with Gasteiger partial charge in [-0.25, -0.2) is 4.98 Å². The zero-order valence-electron chi connectivity index (χ0n) is 17.4. The maximum atomic E-state index is 13.9. The van der Waals surface area contributed by atoms with Gasteiger partial charge in [-0.05, 0) is 37.7 Å². The fourth-order valence-electron chi connectivity index (χ4n) is 4.94. The number of ether oxygens (including phenoxy) is 1. The highest BCUT2D eigenvalue weighted by atomic mass is 32.2. The second kappa shape index (κ2) is 8.90. The highest BCUT2D eigenvalue weighted by Gasteiger charge is 2.44. The van der Waals surface area contributed by atoms with Gasteiger partial charge in [0.05, 0.1) is 17.9 Å². The lowest BCUT2D eigenvalue weighted by molar-refractivity contribution is -0.112. The molecule has 1 aromatic heterocycles.